The first-order chi connectivity index (χ1) is 13.3. The predicted molar refractivity (Wildman–Crippen MR) is 105 cm³/mol. The summed E-state index contributed by atoms with van der Waals surface area (Å²) in [5.41, 5.74) is 5.56. The van der Waals surface area contributed by atoms with Crippen LogP contribution in [0.1, 0.15) is 27.6 Å². The van der Waals surface area contributed by atoms with Crippen LogP contribution in [0.15, 0.2) is 48.5 Å². The SMILES string of the molecule is CC(=O)Nc1ccc(C(=O)NNC(=S)NC(=O)c2ccc([N+](=O)[O-])cc2)cc1. The fourth-order valence-corrected chi connectivity index (χ4v) is 2.18. The molecule has 0 spiro atoms. The van der Waals surface area contributed by atoms with Gasteiger partial charge in [-0.2, -0.15) is 0 Å². The van der Waals surface area contributed by atoms with Crippen molar-refractivity contribution < 1.29 is 19.3 Å². The van der Waals surface area contributed by atoms with Crippen molar-refractivity contribution in [1.29, 1.82) is 0 Å². The zero-order valence-electron chi connectivity index (χ0n) is 14.5. The van der Waals surface area contributed by atoms with E-state index in [9.17, 15) is 24.5 Å². The number of nitrogens with one attached hydrogen (secondary N) is 4. The number of hydrogen-bond donors (Lipinski definition) is 4. The Kier molecular flexibility index (Phi) is 6.71. The highest BCUT2D eigenvalue weighted by atomic mass is 32.1. The van der Waals surface area contributed by atoms with Crippen molar-refractivity contribution in [2.75, 3.05) is 5.32 Å². The molecule has 0 aliphatic carbocycles. The standard InChI is InChI=1S/C17H15N5O5S/c1-10(23)18-13-6-2-12(3-7-13)16(25)20-21-17(28)19-15(24)11-4-8-14(9-5-11)22(26)27/h2-9H,1H3,(H,18,23)(H,20,25)(H2,19,21,24,28). The van der Waals surface area contributed by atoms with Gasteiger partial charge in [-0.05, 0) is 48.6 Å². The number of benzene rings is 2. The Bertz CT molecular complexity index is 928. The number of carbonyl (C=O) groups is 3. The third kappa shape index (κ3) is 5.85. The lowest BCUT2D eigenvalue weighted by atomic mass is 10.2. The van der Waals surface area contributed by atoms with Crippen molar-refractivity contribution >= 4 is 46.4 Å². The van der Waals surface area contributed by atoms with Crippen LogP contribution in [0.4, 0.5) is 11.4 Å². The van der Waals surface area contributed by atoms with Crippen LogP contribution >= 0.6 is 12.2 Å². The Morgan fingerprint density at radius 3 is 1.96 bits per heavy atom. The number of nitrogens with zero attached hydrogens (tertiary/aromatic N) is 1. The van der Waals surface area contributed by atoms with Gasteiger partial charge in [0.2, 0.25) is 5.91 Å². The van der Waals surface area contributed by atoms with Crippen LogP contribution in [0.25, 0.3) is 0 Å². The Morgan fingerprint density at radius 2 is 1.43 bits per heavy atom. The third-order valence-electron chi connectivity index (χ3n) is 3.32. The first-order valence-corrected chi connectivity index (χ1v) is 8.21. The molecular weight excluding hydrogens is 386 g/mol. The minimum Gasteiger partial charge on any atom is -0.326 e. The van der Waals surface area contributed by atoms with Crippen molar-refractivity contribution in [2.45, 2.75) is 6.92 Å². The van der Waals surface area contributed by atoms with Gasteiger partial charge in [0.05, 0.1) is 4.92 Å². The average Bonchev–Trinajstić information content (AvgIpc) is 2.66. The van der Waals surface area contributed by atoms with Crippen molar-refractivity contribution in [3.05, 3.63) is 69.8 Å². The molecule has 0 aromatic heterocycles. The second-order valence-corrected chi connectivity index (χ2v) is 5.83. The molecule has 0 fully saturated rings. The molecule has 0 radical (unpaired) electrons. The summed E-state index contributed by atoms with van der Waals surface area (Å²) in [6.45, 7) is 1.37. The van der Waals surface area contributed by atoms with Crippen LogP contribution in [0.3, 0.4) is 0 Å². The van der Waals surface area contributed by atoms with Gasteiger partial charge in [0, 0.05) is 35.9 Å². The van der Waals surface area contributed by atoms with Crippen molar-refractivity contribution in [2.24, 2.45) is 0 Å². The number of amides is 3. The molecule has 0 aliphatic heterocycles. The number of thiocarbonyl (C=S) groups is 1. The molecular formula is C17H15N5O5S. The first kappa shape index (κ1) is 20.5. The quantitative estimate of drug-likeness (QED) is 0.345. The van der Waals surface area contributed by atoms with E-state index in [0.717, 1.165) is 0 Å². The average molecular weight is 401 g/mol. The van der Waals surface area contributed by atoms with Gasteiger partial charge in [-0.25, -0.2) is 0 Å². The lowest BCUT2D eigenvalue weighted by Crippen LogP contribution is -2.48. The second-order valence-electron chi connectivity index (χ2n) is 5.42. The third-order valence-corrected chi connectivity index (χ3v) is 3.53. The number of hydrazine groups is 1. The van der Waals surface area contributed by atoms with E-state index in [2.05, 4.69) is 21.5 Å². The van der Waals surface area contributed by atoms with E-state index in [1.807, 2.05) is 0 Å². The molecule has 0 aliphatic rings. The van der Waals surface area contributed by atoms with Gasteiger partial charge < -0.3 is 5.32 Å². The van der Waals surface area contributed by atoms with Crippen molar-refractivity contribution in [3.63, 3.8) is 0 Å². The Labute approximate surface area is 164 Å². The molecule has 0 unspecified atom stereocenters. The summed E-state index contributed by atoms with van der Waals surface area (Å²) in [5.74, 6) is -1.34. The number of hydrogen-bond acceptors (Lipinski definition) is 6. The second kappa shape index (κ2) is 9.19. The molecule has 0 heterocycles. The molecule has 10 nitrogen and oxygen atoms in total. The van der Waals surface area contributed by atoms with E-state index in [1.165, 1.54) is 43.3 Å². The van der Waals surface area contributed by atoms with Gasteiger partial charge in [-0.3, -0.25) is 40.7 Å². The largest absolute Gasteiger partial charge is 0.326 e. The number of anilines is 1. The van der Waals surface area contributed by atoms with Gasteiger partial charge in [-0.15, -0.1) is 0 Å². The molecule has 2 aromatic rings. The summed E-state index contributed by atoms with van der Waals surface area (Å²) in [7, 11) is 0. The number of non-ortho nitro benzene ring substituents is 1. The normalized spacial score (nSPS) is 9.75. The van der Waals surface area contributed by atoms with E-state index < -0.39 is 16.7 Å². The lowest BCUT2D eigenvalue weighted by Gasteiger charge is -2.11. The Balaban J connectivity index is 1.85. The van der Waals surface area contributed by atoms with Gasteiger partial charge >= 0.3 is 0 Å². The van der Waals surface area contributed by atoms with Crippen LogP contribution in [0.2, 0.25) is 0 Å². The molecule has 2 aromatic carbocycles. The van der Waals surface area contributed by atoms with Crippen LogP contribution in [-0.4, -0.2) is 27.8 Å². The predicted octanol–water partition coefficient (Wildman–Crippen LogP) is 1.50. The van der Waals surface area contributed by atoms with E-state index in [-0.39, 0.29) is 22.3 Å². The molecule has 144 valence electrons. The fraction of sp³-hybridized carbons (Fsp3) is 0.0588. The molecule has 0 saturated carbocycles. The lowest BCUT2D eigenvalue weighted by molar-refractivity contribution is -0.384. The first-order valence-electron chi connectivity index (χ1n) is 7.80. The summed E-state index contributed by atoms with van der Waals surface area (Å²) in [5, 5.41) is 15.4. The zero-order chi connectivity index (χ0) is 20.7. The molecule has 4 N–H and O–H groups in total. The maximum absolute atomic E-state index is 12.0. The molecule has 3 amide bonds. The van der Waals surface area contributed by atoms with Gasteiger partial charge in [0.1, 0.15) is 0 Å². The molecule has 0 bridgehead atoms. The minimum atomic E-state index is -0.596. The summed E-state index contributed by atoms with van der Waals surface area (Å²) in [6, 6.07) is 11.1. The van der Waals surface area contributed by atoms with Crippen molar-refractivity contribution in [1.82, 2.24) is 16.2 Å². The molecule has 2 rings (SSSR count). The van der Waals surface area contributed by atoms with Crippen molar-refractivity contribution in [3.8, 4) is 0 Å². The molecule has 0 saturated heterocycles. The summed E-state index contributed by atoms with van der Waals surface area (Å²) >= 11 is 4.92. The number of rotatable bonds is 4. The monoisotopic (exact) mass is 401 g/mol. The number of nitro benzene ring substituents is 1. The topological polar surface area (TPSA) is 142 Å². The number of carbonyl (C=O) groups excluding carboxylic acids is 3. The highest BCUT2D eigenvalue weighted by Crippen LogP contribution is 2.12. The molecule has 0 atom stereocenters. The van der Waals surface area contributed by atoms with Crippen LogP contribution in [0.5, 0.6) is 0 Å². The summed E-state index contributed by atoms with van der Waals surface area (Å²) < 4.78 is 0. The van der Waals surface area contributed by atoms with E-state index in [1.54, 1.807) is 12.1 Å². The Morgan fingerprint density at radius 1 is 0.893 bits per heavy atom. The van der Waals surface area contributed by atoms with Gasteiger partial charge in [-0.1, -0.05) is 0 Å². The highest BCUT2D eigenvalue weighted by molar-refractivity contribution is 7.80. The maximum atomic E-state index is 12.0. The van der Waals surface area contributed by atoms with Crippen LogP contribution in [-0.2, 0) is 4.79 Å². The van der Waals surface area contributed by atoms with E-state index >= 15 is 0 Å². The molecule has 28 heavy (non-hydrogen) atoms. The summed E-state index contributed by atoms with van der Waals surface area (Å²) in [4.78, 5) is 45.1. The smallest absolute Gasteiger partial charge is 0.269 e. The summed E-state index contributed by atoms with van der Waals surface area (Å²) in [6.07, 6.45) is 0. The maximum Gasteiger partial charge on any atom is 0.269 e. The van der Waals surface area contributed by atoms with Gasteiger partial charge in [0.25, 0.3) is 17.5 Å². The Hall–Kier alpha value is -3.86. The molecule has 11 heteroatoms. The van der Waals surface area contributed by atoms with Crippen LogP contribution in [0, 0.1) is 10.1 Å². The highest BCUT2D eigenvalue weighted by Gasteiger charge is 2.12. The fourth-order valence-electron chi connectivity index (χ4n) is 2.03. The zero-order valence-corrected chi connectivity index (χ0v) is 15.3. The van der Waals surface area contributed by atoms with E-state index in [4.69, 9.17) is 12.2 Å². The van der Waals surface area contributed by atoms with E-state index in [0.29, 0.717) is 11.3 Å². The van der Waals surface area contributed by atoms with Gasteiger partial charge in [0.15, 0.2) is 5.11 Å². The minimum absolute atomic E-state index is 0.144. The van der Waals surface area contributed by atoms with Crippen LogP contribution < -0.4 is 21.5 Å². The number of nitro groups is 1.